The molecule has 0 radical (unpaired) electrons. The van der Waals surface area contributed by atoms with Crippen LogP contribution < -0.4 is 10.1 Å². The van der Waals surface area contributed by atoms with Gasteiger partial charge in [-0.2, -0.15) is 0 Å². The summed E-state index contributed by atoms with van der Waals surface area (Å²) in [6.45, 7) is 9.17. The van der Waals surface area contributed by atoms with Gasteiger partial charge >= 0.3 is 5.69 Å². The molecular weight excluding hydrogens is 232 g/mol. The largest absolute Gasteiger partial charge is 0.484 e. The molecule has 5 nitrogen and oxygen atoms in total. The first-order chi connectivity index (χ1) is 8.45. The lowest BCUT2D eigenvalue weighted by Crippen LogP contribution is -2.14. The van der Waals surface area contributed by atoms with Crippen molar-refractivity contribution in [3.05, 3.63) is 41.0 Å². The molecule has 0 aliphatic carbocycles. The van der Waals surface area contributed by atoms with Crippen LogP contribution in [0, 0.1) is 10.1 Å². The number of hydrogen-bond donors (Lipinski definition) is 1. The Morgan fingerprint density at radius 3 is 2.61 bits per heavy atom. The smallest absolute Gasteiger partial charge is 0.333 e. The second-order valence-corrected chi connectivity index (χ2v) is 4.24. The van der Waals surface area contributed by atoms with E-state index in [0.717, 1.165) is 0 Å². The summed E-state index contributed by atoms with van der Waals surface area (Å²) in [7, 11) is 0. The van der Waals surface area contributed by atoms with E-state index in [9.17, 15) is 10.1 Å². The van der Waals surface area contributed by atoms with Gasteiger partial charge in [0.2, 0.25) is 0 Å². The van der Waals surface area contributed by atoms with Crippen LogP contribution in [0.15, 0.2) is 30.9 Å². The second kappa shape index (κ2) is 6.05. The number of nitro benzene ring substituents is 1. The number of nitrogens with zero attached hydrogens (tertiary/aromatic N) is 1. The van der Waals surface area contributed by atoms with Crippen LogP contribution in [-0.2, 0) is 0 Å². The number of ether oxygens (including phenoxy) is 1. The van der Waals surface area contributed by atoms with E-state index in [-0.39, 0.29) is 23.6 Å². The van der Waals surface area contributed by atoms with Crippen LogP contribution in [-0.4, -0.2) is 17.1 Å². The first-order valence-electron chi connectivity index (χ1n) is 5.78. The summed E-state index contributed by atoms with van der Waals surface area (Å²) >= 11 is 0. The third-order valence-electron chi connectivity index (χ3n) is 2.28. The van der Waals surface area contributed by atoms with Crippen LogP contribution in [0.5, 0.6) is 5.75 Å². The summed E-state index contributed by atoms with van der Waals surface area (Å²) in [6, 6.07) is 4.92. The van der Waals surface area contributed by atoms with Crippen LogP contribution in [0.1, 0.15) is 20.8 Å². The van der Waals surface area contributed by atoms with Crippen molar-refractivity contribution in [2.45, 2.75) is 32.9 Å². The van der Waals surface area contributed by atoms with Crippen LogP contribution in [0.2, 0.25) is 0 Å². The van der Waals surface area contributed by atoms with Gasteiger partial charge in [-0.15, -0.1) is 6.58 Å². The summed E-state index contributed by atoms with van der Waals surface area (Å²) in [5.41, 5.74) is 0.394. The summed E-state index contributed by atoms with van der Waals surface area (Å²) in [5, 5.41) is 14.2. The minimum atomic E-state index is -0.435. The van der Waals surface area contributed by atoms with Gasteiger partial charge in [-0.3, -0.25) is 10.1 Å². The quantitative estimate of drug-likeness (QED) is 0.477. The molecule has 1 rings (SSSR count). The molecule has 1 atom stereocenters. The highest BCUT2D eigenvalue weighted by atomic mass is 16.6. The fraction of sp³-hybridized carbons (Fsp3) is 0.385. The molecule has 0 aliphatic rings. The lowest BCUT2D eigenvalue weighted by molar-refractivity contribution is -0.385. The van der Waals surface area contributed by atoms with Crippen molar-refractivity contribution in [2.75, 3.05) is 5.32 Å². The maximum atomic E-state index is 11.2. The third kappa shape index (κ3) is 3.48. The Morgan fingerprint density at radius 2 is 2.11 bits per heavy atom. The average molecular weight is 250 g/mol. The molecule has 0 saturated carbocycles. The Hall–Kier alpha value is -2.04. The molecule has 1 unspecified atom stereocenters. The highest BCUT2D eigenvalue weighted by Gasteiger charge is 2.22. The molecule has 1 aromatic carbocycles. The number of para-hydroxylation sites is 1. The van der Waals surface area contributed by atoms with Gasteiger partial charge < -0.3 is 10.1 Å². The first-order valence-corrected chi connectivity index (χ1v) is 5.78. The molecule has 0 heterocycles. The van der Waals surface area contributed by atoms with E-state index in [1.54, 1.807) is 24.3 Å². The van der Waals surface area contributed by atoms with Gasteiger partial charge in [0.15, 0.2) is 5.75 Å². The zero-order valence-electron chi connectivity index (χ0n) is 10.8. The third-order valence-corrected chi connectivity index (χ3v) is 2.28. The average Bonchev–Trinajstić information content (AvgIpc) is 2.27. The van der Waals surface area contributed by atoms with Crippen molar-refractivity contribution in [1.82, 2.24) is 0 Å². The van der Waals surface area contributed by atoms with Gasteiger partial charge in [-0.25, -0.2) is 0 Å². The Balaban J connectivity index is 3.17. The first kappa shape index (κ1) is 14.0. The normalized spacial score (nSPS) is 12.0. The maximum Gasteiger partial charge on any atom is 0.333 e. The monoisotopic (exact) mass is 250 g/mol. The fourth-order valence-electron chi connectivity index (χ4n) is 1.48. The molecule has 1 aromatic rings. The summed E-state index contributed by atoms with van der Waals surface area (Å²) in [6.07, 6.45) is 1.57. The predicted molar refractivity (Wildman–Crippen MR) is 72.1 cm³/mol. The fourth-order valence-corrected chi connectivity index (χ4v) is 1.48. The van der Waals surface area contributed by atoms with E-state index in [1.165, 1.54) is 0 Å². The molecule has 1 N–H and O–H groups in total. The number of anilines is 1. The van der Waals surface area contributed by atoms with Gasteiger partial charge in [0.1, 0.15) is 5.69 Å². The number of benzene rings is 1. The Bertz CT molecular complexity index is 444. The topological polar surface area (TPSA) is 64.4 Å². The van der Waals surface area contributed by atoms with Gasteiger partial charge in [-0.05, 0) is 32.9 Å². The van der Waals surface area contributed by atoms with Gasteiger partial charge in [0, 0.05) is 6.04 Å². The van der Waals surface area contributed by atoms with E-state index < -0.39 is 4.92 Å². The van der Waals surface area contributed by atoms with Crippen LogP contribution in [0.25, 0.3) is 0 Å². The van der Waals surface area contributed by atoms with Crippen LogP contribution in [0.4, 0.5) is 11.4 Å². The molecule has 0 aromatic heterocycles. The Labute approximate surface area is 107 Å². The van der Waals surface area contributed by atoms with E-state index in [4.69, 9.17) is 4.74 Å². The van der Waals surface area contributed by atoms with Crippen molar-refractivity contribution in [3.63, 3.8) is 0 Å². The minimum absolute atomic E-state index is 0.0418. The van der Waals surface area contributed by atoms with Crippen molar-refractivity contribution in [3.8, 4) is 5.75 Å². The maximum absolute atomic E-state index is 11.2. The predicted octanol–water partition coefficient (Wildman–Crippen LogP) is 3.37. The van der Waals surface area contributed by atoms with E-state index in [0.29, 0.717) is 5.69 Å². The molecule has 0 spiro atoms. The summed E-state index contributed by atoms with van der Waals surface area (Å²) in [4.78, 5) is 10.7. The highest BCUT2D eigenvalue weighted by molar-refractivity contribution is 5.69. The van der Waals surface area contributed by atoms with E-state index >= 15 is 0 Å². The van der Waals surface area contributed by atoms with Crippen molar-refractivity contribution < 1.29 is 9.66 Å². The van der Waals surface area contributed by atoms with E-state index in [1.807, 2.05) is 20.8 Å². The lowest BCUT2D eigenvalue weighted by Gasteiger charge is -2.15. The Kier molecular flexibility index (Phi) is 4.71. The van der Waals surface area contributed by atoms with Gasteiger partial charge in [-0.1, -0.05) is 12.1 Å². The molecule has 0 bridgehead atoms. The molecular formula is C13H18N2O3. The Morgan fingerprint density at radius 1 is 1.44 bits per heavy atom. The molecule has 0 amide bonds. The molecule has 18 heavy (non-hydrogen) atoms. The zero-order valence-corrected chi connectivity index (χ0v) is 10.8. The highest BCUT2D eigenvalue weighted by Crippen LogP contribution is 2.35. The van der Waals surface area contributed by atoms with Gasteiger partial charge in [0.05, 0.1) is 11.0 Å². The van der Waals surface area contributed by atoms with E-state index in [2.05, 4.69) is 11.9 Å². The molecule has 0 saturated heterocycles. The molecule has 5 heteroatoms. The standard InChI is InChI=1S/C13H18N2O3/c1-5-10(4)14-11-7-6-8-12(18-9(2)3)13(11)15(16)17/h5-10,14H,1H2,2-4H3. The lowest BCUT2D eigenvalue weighted by atomic mass is 10.2. The number of nitro groups is 1. The van der Waals surface area contributed by atoms with Crippen molar-refractivity contribution in [1.29, 1.82) is 0 Å². The minimum Gasteiger partial charge on any atom is -0.484 e. The SMILES string of the molecule is C=CC(C)Nc1cccc(OC(C)C)c1[N+](=O)[O-]. The van der Waals surface area contributed by atoms with Crippen molar-refractivity contribution in [2.24, 2.45) is 0 Å². The number of nitrogens with one attached hydrogen (secondary N) is 1. The number of hydrogen-bond acceptors (Lipinski definition) is 4. The second-order valence-electron chi connectivity index (χ2n) is 4.24. The molecule has 0 fully saturated rings. The number of rotatable bonds is 6. The molecule has 0 aliphatic heterocycles. The van der Waals surface area contributed by atoms with Crippen LogP contribution >= 0.6 is 0 Å². The zero-order chi connectivity index (χ0) is 13.7. The van der Waals surface area contributed by atoms with Crippen LogP contribution in [0.3, 0.4) is 0 Å². The summed E-state index contributed by atoms with van der Waals surface area (Å²) < 4.78 is 5.46. The van der Waals surface area contributed by atoms with Crippen molar-refractivity contribution >= 4 is 11.4 Å². The summed E-state index contributed by atoms with van der Waals surface area (Å²) in [5.74, 6) is 0.274. The van der Waals surface area contributed by atoms with Gasteiger partial charge in [0.25, 0.3) is 0 Å². The molecule has 98 valence electrons.